The van der Waals surface area contributed by atoms with Crippen molar-refractivity contribution in [2.24, 2.45) is 0 Å². The van der Waals surface area contributed by atoms with Crippen LogP contribution in [0.25, 0.3) is 0 Å². The van der Waals surface area contributed by atoms with E-state index in [1.165, 1.54) is 37.0 Å². The highest BCUT2D eigenvalue weighted by atomic mass is 127. The average Bonchev–Trinajstić information content (AvgIpc) is 2.72. The highest BCUT2D eigenvalue weighted by Gasteiger charge is 2.36. The molecule has 0 fully saturated rings. The number of carbonyl (C=O) groups is 2. The molecule has 0 aliphatic carbocycles. The number of hydrogen-bond donors (Lipinski definition) is 0. The van der Waals surface area contributed by atoms with Gasteiger partial charge in [-0.3, -0.25) is 14.5 Å². The monoisotopic (exact) mass is 399 g/mol. The quantitative estimate of drug-likeness (QED) is 0.363. The highest BCUT2D eigenvalue weighted by Crippen LogP contribution is 2.27. The van der Waals surface area contributed by atoms with Gasteiger partial charge in [0.1, 0.15) is 0 Å². The molecule has 0 N–H and O–H groups in total. The van der Waals surface area contributed by atoms with Gasteiger partial charge < -0.3 is 0 Å². The standard InChI is InChI=1S/C17H22INO2/c1-2-3-4-5-6-7-8-12-19-16(20)13-10-9-11-14(18)15(13)17(19)21/h9-11H,2-8,12H2,1H3. The molecule has 0 spiro atoms. The van der Waals surface area contributed by atoms with Crippen molar-refractivity contribution in [1.82, 2.24) is 4.90 Å². The number of benzene rings is 1. The summed E-state index contributed by atoms with van der Waals surface area (Å²) in [6, 6.07) is 5.47. The summed E-state index contributed by atoms with van der Waals surface area (Å²) in [5.74, 6) is -0.245. The number of unbranched alkanes of at least 4 members (excludes halogenated alkanes) is 6. The lowest BCUT2D eigenvalue weighted by Crippen LogP contribution is -2.30. The Morgan fingerprint density at radius 3 is 2.29 bits per heavy atom. The summed E-state index contributed by atoms with van der Waals surface area (Å²) in [6.45, 7) is 2.76. The van der Waals surface area contributed by atoms with Crippen LogP contribution < -0.4 is 0 Å². The summed E-state index contributed by atoms with van der Waals surface area (Å²) in [6.07, 6.45) is 8.31. The van der Waals surface area contributed by atoms with Crippen molar-refractivity contribution in [2.75, 3.05) is 6.54 Å². The Morgan fingerprint density at radius 1 is 0.952 bits per heavy atom. The maximum absolute atomic E-state index is 12.3. The fourth-order valence-corrected chi connectivity index (χ4v) is 3.45. The Balaban J connectivity index is 1.82. The summed E-state index contributed by atoms with van der Waals surface area (Å²) in [7, 11) is 0. The zero-order valence-electron chi connectivity index (χ0n) is 12.5. The van der Waals surface area contributed by atoms with E-state index in [-0.39, 0.29) is 11.8 Å². The van der Waals surface area contributed by atoms with Crippen molar-refractivity contribution >= 4 is 34.4 Å². The maximum Gasteiger partial charge on any atom is 0.262 e. The fraction of sp³-hybridized carbons (Fsp3) is 0.529. The van der Waals surface area contributed by atoms with Gasteiger partial charge in [0.05, 0.1) is 11.1 Å². The minimum atomic E-state index is -0.125. The molecule has 0 radical (unpaired) electrons. The molecule has 2 rings (SSSR count). The Morgan fingerprint density at radius 2 is 1.62 bits per heavy atom. The van der Waals surface area contributed by atoms with E-state index in [4.69, 9.17) is 0 Å². The zero-order valence-corrected chi connectivity index (χ0v) is 14.7. The second-order valence-corrected chi connectivity index (χ2v) is 6.71. The molecular formula is C17H22INO2. The fourth-order valence-electron chi connectivity index (χ4n) is 2.72. The molecule has 0 saturated carbocycles. The van der Waals surface area contributed by atoms with Gasteiger partial charge in [0, 0.05) is 10.1 Å². The van der Waals surface area contributed by atoms with Crippen LogP contribution in [0.15, 0.2) is 18.2 Å². The molecule has 1 heterocycles. The molecule has 1 aromatic carbocycles. The molecule has 2 amide bonds. The predicted molar refractivity (Wildman–Crippen MR) is 92.5 cm³/mol. The molecule has 1 aromatic rings. The second kappa shape index (κ2) is 7.92. The van der Waals surface area contributed by atoms with Crippen LogP contribution in [0.1, 0.15) is 72.6 Å². The largest absolute Gasteiger partial charge is 0.274 e. The van der Waals surface area contributed by atoms with Crippen molar-refractivity contribution < 1.29 is 9.59 Å². The first-order chi connectivity index (χ1) is 10.2. The lowest BCUT2D eigenvalue weighted by Gasteiger charge is -2.13. The van der Waals surface area contributed by atoms with Crippen molar-refractivity contribution in [3.05, 3.63) is 32.9 Å². The lowest BCUT2D eigenvalue weighted by atomic mass is 10.1. The van der Waals surface area contributed by atoms with Crippen molar-refractivity contribution in [3.63, 3.8) is 0 Å². The summed E-state index contributed by atoms with van der Waals surface area (Å²) in [5, 5.41) is 0. The summed E-state index contributed by atoms with van der Waals surface area (Å²) >= 11 is 2.13. The number of fused-ring (bicyclic) bond motifs is 1. The van der Waals surface area contributed by atoms with Crippen LogP contribution in [-0.4, -0.2) is 23.3 Å². The van der Waals surface area contributed by atoms with Crippen LogP contribution in [0.4, 0.5) is 0 Å². The molecule has 0 saturated heterocycles. The molecule has 0 aromatic heterocycles. The number of nitrogens with zero attached hydrogens (tertiary/aromatic N) is 1. The Kier molecular flexibility index (Phi) is 6.21. The SMILES string of the molecule is CCCCCCCCCN1C(=O)c2cccc(I)c2C1=O. The Bertz CT molecular complexity index is 528. The van der Waals surface area contributed by atoms with E-state index in [0.29, 0.717) is 17.7 Å². The van der Waals surface area contributed by atoms with Crippen LogP contribution in [0, 0.1) is 3.57 Å². The lowest BCUT2D eigenvalue weighted by molar-refractivity contribution is 0.0651. The third-order valence-corrected chi connectivity index (χ3v) is 4.83. The molecule has 0 unspecified atom stereocenters. The van der Waals surface area contributed by atoms with Gasteiger partial charge in [-0.15, -0.1) is 0 Å². The minimum absolute atomic E-state index is 0.119. The number of imide groups is 1. The van der Waals surface area contributed by atoms with Crippen LogP contribution in [-0.2, 0) is 0 Å². The summed E-state index contributed by atoms with van der Waals surface area (Å²) < 4.78 is 0.866. The number of rotatable bonds is 8. The Hall–Kier alpha value is -0.910. The number of hydrogen-bond acceptors (Lipinski definition) is 2. The van der Waals surface area contributed by atoms with Gasteiger partial charge in [0.2, 0.25) is 0 Å². The topological polar surface area (TPSA) is 37.4 Å². The smallest absolute Gasteiger partial charge is 0.262 e. The molecule has 3 nitrogen and oxygen atoms in total. The van der Waals surface area contributed by atoms with E-state index in [1.54, 1.807) is 6.07 Å². The van der Waals surface area contributed by atoms with Gasteiger partial charge in [-0.05, 0) is 41.1 Å². The molecule has 21 heavy (non-hydrogen) atoms. The third kappa shape index (κ3) is 3.84. The zero-order chi connectivity index (χ0) is 15.2. The van der Waals surface area contributed by atoms with Gasteiger partial charge in [0.15, 0.2) is 0 Å². The maximum atomic E-state index is 12.3. The highest BCUT2D eigenvalue weighted by molar-refractivity contribution is 14.1. The molecule has 0 atom stereocenters. The van der Waals surface area contributed by atoms with E-state index in [9.17, 15) is 9.59 Å². The van der Waals surface area contributed by atoms with Crippen molar-refractivity contribution in [2.45, 2.75) is 51.9 Å². The van der Waals surface area contributed by atoms with Crippen LogP contribution in [0.2, 0.25) is 0 Å². The van der Waals surface area contributed by atoms with E-state index < -0.39 is 0 Å². The summed E-state index contributed by atoms with van der Waals surface area (Å²) in [5.41, 5.74) is 1.15. The minimum Gasteiger partial charge on any atom is -0.274 e. The van der Waals surface area contributed by atoms with E-state index in [1.807, 2.05) is 12.1 Å². The number of amides is 2. The normalized spacial score (nSPS) is 13.9. The average molecular weight is 399 g/mol. The second-order valence-electron chi connectivity index (χ2n) is 5.55. The van der Waals surface area contributed by atoms with Crippen LogP contribution in [0.5, 0.6) is 0 Å². The first kappa shape index (κ1) is 16.5. The van der Waals surface area contributed by atoms with E-state index in [2.05, 4.69) is 29.5 Å². The molecule has 4 heteroatoms. The number of halogens is 1. The molecule has 1 aliphatic rings. The van der Waals surface area contributed by atoms with Gasteiger partial charge in [-0.25, -0.2) is 0 Å². The first-order valence-electron chi connectivity index (χ1n) is 7.81. The van der Waals surface area contributed by atoms with Crippen LogP contribution in [0.3, 0.4) is 0 Å². The van der Waals surface area contributed by atoms with Gasteiger partial charge in [-0.1, -0.05) is 51.5 Å². The number of carbonyl (C=O) groups excluding carboxylic acids is 2. The predicted octanol–water partition coefficient (Wildman–Crippen LogP) is 4.64. The van der Waals surface area contributed by atoms with Crippen molar-refractivity contribution in [1.29, 1.82) is 0 Å². The third-order valence-electron chi connectivity index (χ3n) is 3.93. The first-order valence-corrected chi connectivity index (χ1v) is 8.89. The van der Waals surface area contributed by atoms with Gasteiger partial charge >= 0.3 is 0 Å². The van der Waals surface area contributed by atoms with Gasteiger partial charge in [-0.2, -0.15) is 0 Å². The molecule has 1 aliphatic heterocycles. The van der Waals surface area contributed by atoms with Gasteiger partial charge in [0.25, 0.3) is 11.8 Å². The van der Waals surface area contributed by atoms with Crippen LogP contribution >= 0.6 is 22.6 Å². The Labute approximate surface area is 140 Å². The van der Waals surface area contributed by atoms with Crippen molar-refractivity contribution in [3.8, 4) is 0 Å². The summed E-state index contributed by atoms with van der Waals surface area (Å²) in [4.78, 5) is 26.0. The van der Waals surface area contributed by atoms with E-state index >= 15 is 0 Å². The molecule has 0 bridgehead atoms. The van der Waals surface area contributed by atoms with E-state index in [0.717, 1.165) is 16.4 Å². The molecule has 114 valence electrons. The molecular weight excluding hydrogens is 377 g/mol.